The van der Waals surface area contributed by atoms with E-state index in [1.54, 1.807) is 24.3 Å². The van der Waals surface area contributed by atoms with Gasteiger partial charge in [-0.25, -0.2) is 4.39 Å². The molecule has 0 spiro atoms. The Hall–Kier alpha value is -4.33. The van der Waals surface area contributed by atoms with Crippen molar-refractivity contribution in [2.24, 2.45) is 0 Å². The number of halogens is 1. The third-order valence-electron chi connectivity index (χ3n) is 5.29. The van der Waals surface area contributed by atoms with Crippen LogP contribution in [0.2, 0.25) is 0 Å². The maximum atomic E-state index is 13.6. The number of rotatable bonds is 4. The number of nitrogens with zero attached hydrogens (tertiary/aromatic N) is 2. The summed E-state index contributed by atoms with van der Waals surface area (Å²) in [6.45, 7) is 1.88. The lowest BCUT2D eigenvalue weighted by atomic mass is 9.95. The third kappa shape index (κ3) is 3.62. The Morgan fingerprint density at radius 2 is 1.56 bits per heavy atom. The molecular formula is C24H17FN2O5. The molecule has 1 aliphatic rings. The molecule has 7 nitrogen and oxygen atoms in total. The molecule has 3 aromatic rings. The van der Waals surface area contributed by atoms with Gasteiger partial charge in [-0.2, -0.15) is 0 Å². The van der Waals surface area contributed by atoms with Crippen LogP contribution >= 0.6 is 0 Å². The van der Waals surface area contributed by atoms with Gasteiger partial charge in [-0.05, 0) is 48.9 Å². The molecule has 1 unspecified atom stereocenters. The Bertz CT molecular complexity index is 1250. The molecule has 1 amide bonds. The topological polar surface area (TPSA) is 101 Å². The summed E-state index contributed by atoms with van der Waals surface area (Å²) < 4.78 is 13.6. The number of carbonyl (C=O) groups excluding carboxylic acids is 2. The fourth-order valence-electron chi connectivity index (χ4n) is 3.66. The van der Waals surface area contributed by atoms with E-state index in [-0.39, 0.29) is 16.8 Å². The van der Waals surface area contributed by atoms with Crippen molar-refractivity contribution in [1.29, 1.82) is 0 Å². The summed E-state index contributed by atoms with van der Waals surface area (Å²) in [6.07, 6.45) is 0. The van der Waals surface area contributed by atoms with E-state index >= 15 is 0 Å². The number of hydrogen-bond acceptors (Lipinski definition) is 5. The second kappa shape index (κ2) is 8.07. The van der Waals surface area contributed by atoms with E-state index in [9.17, 15) is 29.2 Å². The first kappa shape index (κ1) is 20.9. The number of ketones is 1. The van der Waals surface area contributed by atoms with Gasteiger partial charge < -0.3 is 5.11 Å². The first-order chi connectivity index (χ1) is 15.3. The van der Waals surface area contributed by atoms with E-state index in [1.165, 1.54) is 53.4 Å². The number of aliphatic hydroxyl groups is 1. The van der Waals surface area contributed by atoms with Gasteiger partial charge in [0.05, 0.1) is 16.5 Å². The molecule has 1 N–H and O–H groups in total. The first-order valence-corrected chi connectivity index (χ1v) is 9.66. The highest BCUT2D eigenvalue weighted by molar-refractivity contribution is 6.51. The summed E-state index contributed by atoms with van der Waals surface area (Å²) in [6, 6.07) is 16.2. The van der Waals surface area contributed by atoms with Gasteiger partial charge >= 0.3 is 0 Å². The maximum absolute atomic E-state index is 13.6. The summed E-state index contributed by atoms with van der Waals surface area (Å²) in [5.74, 6) is -2.71. The molecule has 1 fully saturated rings. The highest BCUT2D eigenvalue weighted by Gasteiger charge is 2.46. The lowest BCUT2D eigenvalue weighted by molar-refractivity contribution is -0.384. The van der Waals surface area contributed by atoms with E-state index in [0.717, 1.165) is 5.56 Å². The van der Waals surface area contributed by atoms with Crippen molar-refractivity contribution in [1.82, 2.24) is 0 Å². The molecule has 0 saturated carbocycles. The number of nitro benzene ring substituents is 1. The van der Waals surface area contributed by atoms with Crippen LogP contribution in [-0.4, -0.2) is 21.7 Å². The molecule has 0 radical (unpaired) electrons. The van der Waals surface area contributed by atoms with Gasteiger partial charge in [0.25, 0.3) is 17.4 Å². The smallest absolute Gasteiger partial charge is 0.300 e. The predicted molar refractivity (Wildman–Crippen MR) is 115 cm³/mol. The zero-order valence-corrected chi connectivity index (χ0v) is 16.9. The van der Waals surface area contributed by atoms with E-state index in [1.807, 2.05) is 6.92 Å². The second-order valence-electron chi connectivity index (χ2n) is 7.36. The number of nitro groups is 1. The van der Waals surface area contributed by atoms with Gasteiger partial charge in [0, 0.05) is 23.4 Å². The second-order valence-corrected chi connectivity index (χ2v) is 7.36. The van der Waals surface area contributed by atoms with Crippen LogP contribution in [0.3, 0.4) is 0 Å². The normalized spacial score (nSPS) is 17.6. The van der Waals surface area contributed by atoms with Crippen LogP contribution in [-0.2, 0) is 9.59 Å². The molecule has 3 aromatic carbocycles. The number of hydrogen-bond donors (Lipinski definition) is 1. The maximum Gasteiger partial charge on any atom is 0.300 e. The zero-order chi connectivity index (χ0) is 23.0. The van der Waals surface area contributed by atoms with E-state index < -0.39 is 34.2 Å². The largest absolute Gasteiger partial charge is 0.507 e. The number of Topliss-reactive ketones (excluding diaryl/α,β-unsaturated/α-hetero) is 1. The SMILES string of the molecule is Cc1ccc(N2C(=O)C(=O)C(=C(O)c3ccc([N+](=O)[O-])cc3)C2c2ccc(F)cc2)cc1. The number of aliphatic hydroxyl groups excluding tert-OH is 1. The summed E-state index contributed by atoms with van der Waals surface area (Å²) >= 11 is 0. The highest BCUT2D eigenvalue weighted by atomic mass is 19.1. The van der Waals surface area contributed by atoms with Crippen LogP contribution in [0.4, 0.5) is 15.8 Å². The minimum Gasteiger partial charge on any atom is -0.507 e. The summed E-state index contributed by atoms with van der Waals surface area (Å²) in [5, 5.41) is 21.9. The average molecular weight is 432 g/mol. The van der Waals surface area contributed by atoms with E-state index in [4.69, 9.17) is 0 Å². The lowest BCUT2D eigenvalue weighted by Gasteiger charge is -2.25. The summed E-state index contributed by atoms with van der Waals surface area (Å²) in [5.41, 5.74) is 1.59. The molecule has 1 aliphatic heterocycles. The number of aryl methyl sites for hydroxylation is 1. The van der Waals surface area contributed by atoms with E-state index in [0.29, 0.717) is 11.3 Å². The Kier molecular flexibility index (Phi) is 5.28. The zero-order valence-electron chi connectivity index (χ0n) is 16.9. The Morgan fingerprint density at radius 3 is 2.12 bits per heavy atom. The van der Waals surface area contributed by atoms with Crippen LogP contribution in [0.25, 0.3) is 5.76 Å². The standard InChI is InChI=1S/C24H17FN2O5/c1-14-2-10-18(11-3-14)26-21(15-4-8-17(25)9-5-15)20(23(29)24(26)30)22(28)16-6-12-19(13-7-16)27(31)32/h2-13,21,28H,1H3. The lowest BCUT2D eigenvalue weighted by Crippen LogP contribution is -2.29. The Morgan fingerprint density at radius 1 is 0.969 bits per heavy atom. The van der Waals surface area contributed by atoms with Gasteiger partial charge in [0.1, 0.15) is 11.6 Å². The molecule has 0 aliphatic carbocycles. The van der Waals surface area contributed by atoms with Crippen molar-refractivity contribution in [3.8, 4) is 0 Å². The van der Waals surface area contributed by atoms with Gasteiger partial charge in [-0.3, -0.25) is 24.6 Å². The van der Waals surface area contributed by atoms with Crippen LogP contribution < -0.4 is 4.90 Å². The minimum atomic E-state index is -1.01. The van der Waals surface area contributed by atoms with Crippen molar-refractivity contribution in [3.63, 3.8) is 0 Å². The Labute approximate surface area is 182 Å². The number of carbonyl (C=O) groups is 2. The molecule has 8 heteroatoms. The molecule has 0 aromatic heterocycles. The quantitative estimate of drug-likeness (QED) is 0.212. The predicted octanol–water partition coefficient (Wildman–Crippen LogP) is 4.67. The monoisotopic (exact) mass is 432 g/mol. The van der Waals surface area contributed by atoms with Crippen molar-refractivity contribution in [2.45, 2.75) is 13.0 Å². The molecule has 1 heterocycles. The molecule has 0 bridgehead atoms. The van der Waals surface area contributed by atoms with Crippen LogP contribution in [0.15, 0.2) is 78.4 Å². The van der Waals surface area contributed by atoms with Crippen molar-refractivity contribution in [2.75, 3.05) is 4.90 Å². The highest BCUT2D eigenvalue weighted by Crippen LogP contribution is 2.42. The van der Waals surface area contributed by atoms with E-state index in [2.05, 4.69) is 0 Å². The average Bonchev–Trinajstić information content (AvgIpc) is 3.05. The molecule has 1 saturated heterocycles. The molecule has 32 heavy (non-hydrogen) atoms. The minimum absolute atomic E-state index is 0.143. The van der Waals surface area contributed by atoms with Crippen molar-refractivity contribution < 1.29 is 24.0 Å². The fourth-order valence-corrected chi connectivity index (χ4v) is 3.66. The van der Waals surface area contributed by atoms with Gasteiger partial charge in [0.2, 0.25) is 0 Å². The first-order valence-electron chi connectivity index (χ1n) is 9.66. The number of amides is 1. The number of anilines is 1. The molecule has 4 rings (SSSR count). The van der Waals surface area contributed by atoms with Crippen molar-refractivity contribution in [3.05, 3.63) is 111 Å². The summed E-state index contributed by atoms with van der Waals surface area (Å²) in [7, 11) is 0. The fraction of sp³-hybridized carbons (Fsp3) is 0.0833. The van der Waals surface area contributed by atoms with Gasteiger partial charge in [0.15, 0.2) is 0 Å². The molecule has 1 atom stereocenters. The number of benzene rings is 3. The van der Waals surface area contributed by atoms with Gasteiger partial charge in [-0.15, -0.1) is 0 Å². The Balaban J connectivity index is 1.90. The van der Waals surface area contributed by atoms with Gasteiger partial charge in [-0.1, -0.05) is 29.8 Å². The van der Waals surface area contributed by atoms with Crippen molar-refractivity contribution >= 4 is 28.8 Å². The molecule has 160 valence electrons. The van der Waals surface area contributed by atoms with Crippen LogP contribution in [0, 0.1) is 22.9 Å². The molecular weight excluding hydrogens is 415 g/mol. The van der Waals surface area contributed by atoms with Crippen LogP contribution in [0.1, 0.15) is 22.7 Å². The third-order valence-corrected chi connectivity index (χ3v) is 5.29. The number of non-ortho nitro benzene ring substituents is 1. The summed E-state index contributed by atoms with van der Waals surface area (Å²) in [4.78, 5) is 37.6. The van der Waals surface area contributed by atoms with Crippen LogP contribution in [0.5, 0.6) is 0 Å².